The summed E-state index contributed by atoms with van der Waals surface area (Å²) in [5.41, 5.74) is 0.605. The summed E-state index contributed by atoms with van der Waals surface area (Å²) in [6.45, 7) is 4.80. The first kappa shape index (κ1) is 10.1. The molecule has 4 fully saturated rings. The highest BCUT2D eigenvalue weighted by Crippen LogP contribution is 2.60. The van der Waals surface area contributed by atoms with Gasteiger partial charge in [0, 0.05) is 0 Å². The van der Waals surface area contributed by atoms with Gasteiger partial charge in [-0.2, -0.15) is 0 Å². The second kappa shape index (κ2) is 3.23. The smallest absolute Gasteiger partial charge is 0.0571 e. The fourth-order valence-corrected chi connectivity index (χ4v) is 4.96. The third-order valence-corrected chi connectivity index (χ3v) is 5.71. The molecular weight excluding hydrogens is 184 g/mol. The Bertz CT molecular complexity index is 260. The summed E-state index contributed by atoms with van der Waals surface area (Å²) < 4.78 is 0. The van der Waals surface area contributed by atoms with Crippen molar-refractivity contribution in [3.8, 4) is 0 Å². The van der Waals surface area contributed by atoms with Gasteiger partial charge in [-0.05, 0) is 67.6 Å². The summed E-state index contributed by atoms with van der Waals surface area (Å²) in [6, 6.07) is 0. The third-order valence-electron chi connectivity index (χ3n) is 5.71. The van der Waals surface area contributed by atoms with Gasteiger partial charge in [0.15, 0.2) is 0 Å². The van der Waals surface area contributed by atoms with Gasteiger partial charge in [-0.1, -0.05) is 13.8 Å². The first-order valence-electron chi connectivity index (χ1n) is 6.77. The highest BCUT2D eigenvalue weighted by molar-refractivity contribution is 5.02. The number of fused-ring (bicyclic) bond motifs is 1. The standard InChI is InChI=1S/C14H24O/c1-9(2)14-6-10-3-11(7-14)5-13(15)12(4-10)8-14/h9-13,15H,3-8H2,1-2H3. The molecule has 0 aromatic carbocycles. The van der Waals surface area contributed by atoms with Crippen molar-refractivity contribution in [2.45, 2.75) is 58.5 Å². The summed E-state index contributed by atoms with van der Waals surface area (Å²) in [5.74, 6) is 3.24. The van der Waals surface area contributed by atoms with Crippen molar-refractivity contribution in [3.05, 3.63) is 0 Å². The highest BCUT2D eigenvalue weighted by atomic mass is 16.3. The lowest BCUT2D eigenvalue weighted by atomic mass is 9.54. The minimum absolute atomic E-state index is 0.0286. The molecule has 4 bridgehead atoms. The monoisotopic (exact) mass is 208 g/mol. The van der Waals surface area contributed by atoms with E-state index in [0.717, 1.165) is 24.2 Å². The van der Waals surface area contributed by atoms with Gasteiger partial charge in [0.2, 0.25) is 0 Å². The van der Waals surface area contributed by atoms with Crippen molar-refractivity contribution in [2.75, 3.05) is 0 Å². The molecule has 5 atom stereocenters. The van der Waals surface area contributed by atoms with Crippen LogP contribution in [0.2, 0.25) is 0 Å². The molecule has 5 unspecified atom stereocenters. The lowest BCUT2D eigenvalue weighted by molar-refractivity contribution is -0.0178. The highest BCUT2D eigenvalue weighted by Gasteiger charge is 2.51. The van der Waals surface area contributed by atoms with Gasteiger partial charge < -0.3 is 5.11 Å². The minimum atomic E-state index is 0.0286. The lowest BCUT2D eigenvalue weighted by Crippen LogP contribution is -2.41. The third kappa shape index (κ3) is 1.46. The van der Waals surface area contributed by atoms with Crippen LogP contribution in [0.1, 0.15) is 52.4 Å². The molecular formula is C14H24O. The number of hydrogen-bond donors (Lipinski definition) is 1. The number of hydrogen-bond acceptors (Lipinski definition) is 1. The van der Waals surface area contributed by atoms with Crippen LogP contribution in [-0.4, -0.2) is 11.2 Å². The van der Waals surface area contributed by atoms with Crippen molar-refractivity contribution in [2.24, 2.45) is 29.1 Å². The normalized spacial score (nSPS) is 53.6. The van der Waals surface area contributed by atoms with Gasteiger partial charge in [0.25, 0.3) is 0 Å². The number of aliphatic hydroxyl groups is 1. The largest absolute Gasteiger partial charge is 0.393 e. The quantitative estimate of drug-likeness (QED) is 0.701. The average molecular weight is 208 g/mol. The number of aliphatic hydroxyl groups excluding tert-OH is 1. The molecule has 0 amide bonds. The molecule has 0 aromatic heterocycles. The van der Waals surface area contributed by atoms with E-state index in [0.29, 0.717) is 11.3 Å². The van der Waals surface area contributed by atoms with E-state index in [-0.39, 0.29) is 6.10 Å². The van der Waals surface area contributed by atoms with Crippen LogP contribution in [-0.2, 0) is 0 Å². The zero-order valence-electron chi connectivity index (χ0n) is 10.1. The molecule has 4 aliphatic rings. The maximum absolute atomic E-state index is 10.2. The lowest BCUT2D eigenvalue weighted by Gasteiger charge is -2.51. The Labute approximate surface area is 93.3 Å². The molecule has 1 heteroatoms. The van der Waals surface area contributed by atoms with Crippen LogP contribution in [0.3, 0.4) is 0 Å². The Morgan fingerprint density at radius 2 is 1.67 bits per heavy atom. The van der Waals surface area contributed by atoms with E-state index >= 15 is 0 Å². The molecule has 0 heterocycles. The Morgan fingerprint density at radius 3 is 2.33 bits per heavy atom. The summed E-state index contributed by atoms with van der Waals surface area (Å²) in [4.78, 5) is 0. The zero-order chi connectivity index (χ0) is 10.6. The van der Waals surface area contributed by atoms with Crippen molar-refractivity contribution in [1.82, 2.24) is 0 Å². The van der Waals surface area contributed by atoms with Crippen molar-refractivity contribution in [3.63, 3.8) is 0 Å². The average Bonchev–Trinajstić information content (AvgIpc) is 2.30. The molecule has 4 rings (SSSR count). The molecule has 0 aliphatic heterocycles. The van der Waals surface area contributed by atoms with Crippen LogP contribution >= 0.6 is 0 Å². The molecule has 0 saturated heterocycles. The number of rotatable bonds is 1. The van der Waals surface area contributed by atoms with E-state index in [1.807, 2.05) is 0 Å². The van der Waals surface area contributed by atoms with E-state index < -0.39 is 0 Å². The summed E-state index contributed by atoms with van der Waals surface area (Å²) in [5, 5.41) is 10.2. The molecule has 0 aromatic rings. The molecule has 0 radical (unpaired) electrons. The van der Waals surface area contributed by atoms with Gasteiger partial charge in [0.1, 0.15) is 0 Å². The van der Waals surface area contributed by atoms with E-state index in [1.54, 1.807) is 0 Å². The maximum Gasteiger partial charge on any atom is 0.0571 e. The molecule has 15 heavy (non-hydrogen) atoms. The van der Waals surface area contributed by atoms with E-state index in [4.69, 9.17) is 0 Å². The van der Waals surface area contributed by atoms with Crippen LogP contribution in [0, 0.1) is 29.1 Å². The van der Waals surface area contributed by atoms with Crippen LogP contribution < -0.4 is 0 Å². The summed E-state index contributed by atoms with van der Waals surface area (Å²) in [7, 11) is 0. The Morgan fingerprint density at radius 1 is 1.00 bits per heavy atom. The Hall–Kier alpha value is -0.0400. The molecule has 4 aliphatic carbocycles. The van der Waals surface area contributed by atoms with Crippen LogP contribution in [0.5, 0.6) is 0 Å². The van der Waals surface area contributed by atoms with Crippen LogP contribution in [0.4, 0.5) is 0 Å². The molecule has 4 saturated carbocycles. The Balaban J connectivity index is 1.95. The van der Waals surface area contributed by atoms with Gasteiger partial charge in [0.05, 0.1) is 6.10 Å². The van der Waals surface area contributed by atoms with Gasteiger partial charge in [-0.25, -0.2) is 0 Å². The second-order valence-electron chi connectivity index (χ2n) is 6.90. The SMILES string of the molecule is CC(C)C12CC3CC(CC(C1)C(O)C3)C2. The van der Waals surface area contributed by atoms with Gasteiger partial charge in [-0.3, -0.25) is 0 Å². The molecule has 0 spiro atoms. The van der Waals surface area contributed by atoms with Crippen molar-refractivity contribution in [1.29, 1.82) is 0 Å². The van der Waals surface area contributed by atoms with E-state index in [2.05, 4.69) is 13.8 Å². The predicted molar refractivity (Wildman–Crippen MR) is 61.4 cm³/mol. The van der Waals surface area contributed by atoms with Crippen molar-refractivity contribution < 1.29 is 5.11 Å². The molecule has 86 valence electrons. The maximum atomic E-state index is 10.2. The first-order valence-corrected chi connectivity index (χ1v) is 6.77. The van der Waals surface area contributed by atoms with Gasteiger partial charge >= 0.3 is 0 Å². The predicted octanol–water partition coefficient (Wildman–Crippen LogP) is 3.22. The fraction of sp³-hybridized carbons (Fsp3) is 1.00. The summed E-state index contributed by atoms with van der Waals surface area (Å²) in [6.07, 6.45) is 8.07. The van der Waals surface area contributed by atoms with Crippen LogP contribution in [0.15, 0.2) is 0 Å². The summed E-state index contributed by atoms with van der Waals surface area (Å²) >= 11 is 0. The van der Waals surface area contributed by atoms with E-state index in [9.17, 15) is 5.11 Å². The molecule has 1 N–H and O–H groups in total. The fourth-order valence-electron chi connectivity index (χ4n) is 4.96. The molecule has 1 nitrogen and oxygen atoms in total. The minimum Gasteiger partial charge on any atom is -0.393 e. The van der Waals surface area contributed by atoms with E-state index in [1.165, 1.54) is 32.1 Å². The second-order valence-corrected chi connectivity index (χ2v) is 6.90. The van der Waals surface area contributed by atoms with Crippen LogP contribution in [0.25, 0.3) is 0 Å². The zero-order valence-corrected chi connectivity index (χ0v) is 10.1. The first-order chi connectivity index (χ1) is 7.09. The van der Waals surface area contributed by atoms with Gasteiger partial charge in [-0.15, -0.1) is 0 Å². The van der Waals surface area contributed by atoms with Crippen molar-refractivity contribution >= 4 is 0 Å². The topological polar surface area (TPSA) is 20.2 Å². The Kier molecular flexibility index (Phi) is 2.18.